The van der Waals surface area contributed by atoms with Gasteiger partial charge in [0.1, 0.15) is 11.9 Å². The highest BCUT2D eigenvalue weighted by molar-refractivity contribution is 7.99. The predicted molar refractivity (Wildman–Crippen MR) is 91.5 cm³/mol. The van der Waals surface area contributed by atoms with E-state index in [1.165, 1.54) is 5.56 Å². The first-order valence-electron chi connectivity index (χ1n) is 7.28. The molecule has 0 saturated heterocycles. The van der Waals surface area contributed by atoms with Crippen molar-refractivity contribution in [2.75, 3.05) is 26.4 Å². The Morgan fingerprint density at radius 1 is 1.38 bits per heavy atom. The van der Waals surface area contributed by atoms with Crippen LogP contribution in [0, 0.1) is 0 Å². The monoisotopic (exact) mass is 307 g/mol. The van der Waals surface area contributed by atoms with E-state index < -0.39 is 0 Å². The molecule has 0 spiro atoms. The molecule has 2 rings (SSSR count). The van der Waals surface area contributed by atoms with E-state index in [0.29, 0.717) is 0 Å². The molecule has 0 amide bonds. The second kappa shape index (κ2) is 7.07. The van der Waals surface area contributed by atoms with E-state index >= 15 is 0 Å². The molecule has 21 heavy (non-hydrogen) atoms. The van der Waals surface area contributed by atoms with Crippen LogP contribution < -0.4 is 15.4 Å². The number of para-hydroxylation sites is 1. The standard InChI is InChI=1S/C16H25N3OS/c1-16(2,21-4)11-19-15(17-3)18-10-13-9-12-7-5-6-8-14(12)20-13/h5-8,13H,9-11H2,1-4H3,(H2,17,18,19). The highest BCUT2D eigenvalue weighted by Gasteiger charge is 2.22. The number of aliphatic imine (C=N–C) groups is 1. The van der Waals surface area contributed by atoms with E-state index in [1.807, 2.05) is 23.9 Å². The van der Waals surface area contributed by atoms with E-state index in [2.05, 4.69) is 47.9 Å². The third kappa shape index (κ3) is 4.56. The predicted octanol–water partition coefficient (Wildman–Crippen LogP) is 2.30. The lowest BCUT2D eigenvalue weighted by atomic mass is 10.1. The molecule has 1 aromatic rings. The van der Waals surface area contributed by atoms with Gasteiger partial charge < -0.3 is 15.4 Å². The minimum absolute atomic E-state index is 0.175. The van der Waals surface area contributed by atoms with Gasteiger partial charge in [-0.2, -0.15) is 11.8 Å². The van der Waals surface area contributed by atoms with E-state index in [-0.39, 0.29) is 10.9 Å². The van der Waals surface area contributed by atoms with Gasteiger partial charge in [-0.25, -0.2) is 0 Å². The number of fused-ring (bicyclic) bond motifs is 1. The van der Waals surface area contributed by atoms with Crippen LogP contribution in [0.1, 0.15) is 19.4 Å². The van der Waals surface area contributed by atoms with Crippen molar-refractivity contribution < 1.29 is 4.74 Å². The summed E-state index contributed by atoms with van der Waals surface area (Å²) < 4.78 is 6.11. The first-order valence-corrected chi connectivity index (χ1v) is 8.51. The lowest BCUT2D eigenvalue weighted by molar-refractivity contribution is 0.235. The Balaban J connectivity index is 1.78. The summed E-state index contributed by atoms with van der Waals surface area (Å²) in [6.07, 6.45) is 3.26. The van der Waals surface area contributed by atoms with Crippen LogP contribution in [-0.4, -0.2) is 43.2 Å². The van der Waals surface area contributed by atoms with Crippen LogP contribution >= 0.6 is 11.8 Å². The number of ether oxygens (including phenoxy) is 1. The molecule has 1 aliphatic rings. The Labute approximate surface area is 131 Å². The lowest BCUT2D eigenvalue weighted by Gasteiger charge is -2.24. The summed E-state index contributed by atoms with van der Waals surface area (Å²) in [4.78, 5) is 4.27. The molecule has 0 bridgehead atoms. The number of nitrogens with one attached hydrogen (secondary N) is 2. The summed E-state index contributed by atoms with van der Waals surface area (Å²) in [5, 5.41) is 6.72. The maximum atomic E-state index is 5.92. The number of guanidine groups is 1. The average molecular weight is 307 g/mol. The van der Waals surface area contributed by atoms with Gasteiger partial charge in [0.05, 0.1) is 6.54 Å². The van der Waals surface area contributed by atoms with Crippen molar-refractivity contribution in [3.05, 3.63) is 29.8 Å². The summed E-state index contributed by atoms with van der Waals surface area (Å²) in [5.74, 6) is 1.84. The molecule has 2 N–H and O–H groups in total. The first kappa shape index (κ1) is 16.0. The normalized spacial score (nSPS) is 18.1. The van der Waals surface area contributed by atoms with E-state index in [4.69, 9.17) is 4.74 Å². The van der Waals surface area contributed by atoms with Gasteiger partial charge in [0.2, 0.25) is 0 Å². The zero-order valence-electron chi connectivity index (χ0n) is 13.3. The van der Waals surface area contributed by atoms with Crippen LogP contribution in [0.25, 0.3) is 0 Å². The number of nitrogens with zero attached hydrogens (tertiary/aromatic N) is 1. The average Bonchev–Trinajstić information content (AvgIpc) is 2.90. The largest absolute Gasteiger partial charge is 0.488 e. The zero-order chi connectivity index (χ0) is 15.3. The minimum Gasteiger partial charge on any atom is -0.488 e. The molecule has 0 aliphatic carbocycles. The number of rotatable bonds is 5. The van der Waals surface area contributed by atoms with Crippen LogP contribution in [0.15, 0.2) is 29.3 Å². The molecule has 0 fully saturated rings. The summed E-state index contributed by atoms with van der Waals surface area (Å²) in [6.45, 7) is 6.07. The molecule has 1 unspecified atom stereocenters. The topological polar surface area (TPSA) is 45.7 Å². The molecule has 0 aromatic heterocycles. The SMILES string of the molecule is CN=C(NCC1Cc2ccccc2O1)NCC(C)(C)SC. The lowest BCUT2D eigenvalue weighted by Crippen LogP contribution is -2.46. The summed E-state index contributed by atoms with van der Waals surface area (Å²) >= 11 is 1.84. The second-order valence-corrected chi connectivity index (χ2v) is 7.34. The molecular weight excluding hydrogens is 282 g/mol. The molecular formula is C16H25N3OS. The maximum absolute atomic E-state index is 5.92. The van der Waals surface area contributed by atoms with Crippen molar-refractivity contribution in [1.82, 2.24) is 10.6 Å². The smallest absolute Gasteiger partial charge is 0.191 e. The Morgan fingerprint density at radius 2 is 2.14 bits per heavy atom. The fraction of sp³-hybridized carbons (Fsp3) is 0.562. The number of hydrogen-bond acceptors (Lipinski definition) is 3. The number of benzene rings is 1. The molecule has 0 saturated carbocycles. The van der Waals surface area contributed by atoms with Crippen molar-refractivity contribution in [1.29, 1.82) is 0 Å². The van der Waals surface area contributed by atoms with Gasteiger partial charge >= 0.3 is 0 Å². The molecule has 5 heteroatoms. The van der Waals surface area contributed by atoms with Gasteiger partial charge in [0.25, 0.3) is 0 Å². The van der Waals surface area contributed by atoms with Gasteiger partial charge in [0, 0.05) is 24.8 Å². The molecule has 116 valence electrons. The second-order valence-electron chi connectivity index (χ2n) is 5.82. The zero-order valence-corrected chi connectivity index (χ0v) is 14.1. The minimum atomic E-state index is 0.175. The summed E-state index contributed by atoms with van der Waals surface area (Å²) in [7, 11) is 1.80. The van der Waals surface area contributed by atoms with Crippen LogP contribution in [0.5, 0.6) is 5.75 Å². The summed E-state index contributed by atoms with van der Waals surface area (Å²) in [5.41, 5.74) is 1.29. The van der Waals surface area contributed by atoms with Crippen LogP contribution in [0.4, 0.5) is 0 Å². The van der Waals surface area contributed by atoms with E-state index in [1.54, 1.807) is 7.05 Å². The van der Waals surface area contributed by atoms with Gasteiger partial charge in [-0.3, -0.25) is 4.99 Å². The molecule has 1 heterocycles. The molecule has 4 nitrogen and oxygen atoms in total. The Kier molecular flexibility index (Phi) is 5.39. The van der Waals surface area contributed by atoms with Crippen molar-refractivity contribution in [2.24, 2.45) is 4.99 Å². The first-order chi connectivity index (χ1) is 10.0. The quantitative estimate of drug-likeness (QED) is 0.647. The van der Waals surface area contributed by atoms with Crippen molar-refractivity contribution >= 4 is 17.7 Å². The molecule has 0 radical (unpaired) electrons. The van der Waals surface area contributed by atoms with Gasteiger partial charge in [0.15, 0.2) is 5.96 Å². The van der Waals surface area contributed by atoms with Crippen LogP contribution in [0.3, 0.4) is 0 Å². The third-order valence-corrected chi connectivity index (χ3v) is 4.92. The molecule has 1 aromatic carbocycles. The summed E-state index contributed by atoms with van der Waals surface area (Å²) in [6, 6.07) is 8.23. The Morgan fingerprint density at radius 3 is 2.81 bits per heavy atom. The van der Waals surface area contributed by atoms with Crippen LogP contribution in [0.2, 0.25) is 0 Å². The van der Waals surface area contributed by atoms with E-state index in [0.717, 1.165) is 31.2 Å². The van der Waals surface area contributed by atoms with Crippen LogP contribution in [-0.2, 0) is 6.42 Å². The van der Waals surface area contributed by atoms with Gasteiger partial charge in [-0.05, 0) is 31.7 Å². The Hall–Kier alpha value is -1.36. The number of thioether (sulfide) groups is 1. The Bertz CT molecular complexity index is 477. The highest BCUT2D eigenvalue weighted by atomic mass is 32.2. The highest BCUT2D eigenvalue weighted by Crippen LogP contribution is 2.27. The number of hydrogen-bond donors (Lipinski definition) is 2. The van der Waals surface area contributed by atoms with Crippen molar-refractivity contribution in [2.45, 2.75) is 31.1 Å². The van der Waals surface area contributed by atoms with E-state index in [9.17, 15) is 0 Å². The van der Waals surface area contributed by atoms with Crippen molar-refractivity contribution in [3.8, 4) is 5.75 Å². The van der Waals surface area contributed by atoms with Gasteiger partial charge in [-0.1, -0.05) is 18.2 Å². The molecule has 1 atom stereocenters. The fourth-order valence-corrected chi connectivity index (χ4v) is 2.38. The fourth-order valence-electron chi connectivity index (χ4n) is 2.17. The van der Waals surface area contributed by atoms with Crippen molar-refractivity contribution in [3.63, 3.8) is 0 Å². The maximum Gasteiger partial charge on any atom is 0.191 e. The molecule has 1 aliphatic heterocycles. The third-order valence-electron chi connectivity index (χ3n) is 3.67. The van der Waals surface area contributed by atoms with Gasteiger partial charge in [-0.15, -0.1) is 0 Å².